The zero-order valence-corrected chi connectivity index (χ0v) is 17.2. The van der Waals surface area contributed by atoms with Crippen LogP contribution in [0.4, 0.5) is 5.82 Å². The van der Waals surface area contributed by atoms with Crippen molar-refractivity contribution in [1.82, 2.24) is 9.97 Å². The molecule has 0 aliphatic rings. The Kier molecular flexibility index (Phi) is 5.92. The predicted octanol–water partition coefficient (Wildman–Crippen LogP) is 4.23. The zero-order valence-electron chi connectivity index (χ0n) is 16.3. The molecule has 2 N–H and O–H groups in total. The van der Waals surface area contributed by atoms with E-state index in [1.54, 1.807) is 36.4 Å². The molecule has 156 valence electrons. The van der Waals surface area contributed by atoms with Crippen molar-refractivity contribution in [3.63, 3.8) is 0 Å². The third-order valence-corrected chi connectivity index (χ3v) is 5.81. The molecule has 0 radical (unpaired) electrons. The Bertz CT molecular complexity index is 1260. The minimum atomic E-state index is -3.89. The summed E-state index contributed by atoms with van der Waals surface area (Å²) in [6.45, 7) is -0.0792. The molecule has 0 atom stereocenters. The van der Waals surface area contributed by atoms with E-state index in [0.717, 1.165) is 5.56 Å². The number of hydrogen-bond donors (Lipinski definition) is 2. The molecule has 0 unspecified atom stereocenters. The number of hydrogen-bond acceptors (Lipinski definition) is 6. The fourth-order valence-electron chi connectivity index (χ4n) is 2.89. The van der Waals surface area contributed by atoms with E-state index in [-0.39, 0.29) is 17.3 Å². The van der Waals surface area contributed by atoms with Gasteiger partial charge in [-0.2, -0.15) is 0 Å². The first-order valence-electron chi connectivity index (χ1n) is 9.42. The lowest BCUT2D eigenvalue weighted by Crippen LogP contribution is -2.15. The third kappa shape index (κ3) is 4.88. The van der Waals surface area contributed by atoms with E-state index >= 15 is 0 Å². The molecule has 1 aromatic heterocycles. The van der Waals surface area contributed by atoms with E-state index in [4.69, 9.17) is 4.74 Å². The van der Waals surface area contributed by atoms with Crippen LogP contribution in [-0.2, 0) is 16.6 Å². The van der Waals surface area contributed by atoms with Gasteiger partial charge in [-0.15, -0.1) is 0 Å². The predicted molar refractivity (Wildman–Crippen MR) is 117 cm³/mol. The molecule has 3 aromatic carbocycles. The summed E-state index contributed by atoms with van der Waals surface area (Å²) in [5.74, 6) is 1.30. The fraction of sp³-hybridized carbons (Fsp3) is 0.0435. The number of sulfonamides is 1. The van der Waals surface area contributed by atoms with Crippen LogP contribution in [-0.4, -0.2) is 23.5 Å². The highest BCUT2D eigenvalue weighted by molar-refractivity contribution is 7.92. The second-order valence-electron chi connectivity index (χ2n) is 6.60. The number of ether oxygens (including phenoxy) is 1. The number of aliphatic hydroxyl groups is 1. The Hall–Kier alpha value is -3.75. The van der Waals surface area contributed by atoms with Crippen LogP contribution >= 0.6 is 0 Å². The summed E-state index contributed by atoms with van der Waals surface area (Å²) in [6.07, 6.45) is 2.91. The van der Waals surface area contributed by atoms with Gasteiger partial charge in [-0.05, 0) is 42.0 Å². The van der Waals surface area contributed by atoms with Crippen molar-refractivity contribution in [2.45, 2.75) is 11.5 Å². The molecule has 7 nitrogen and oxygen atoms in total. The van der Waals surface area contributed by atoms with E-state index in [0.29, 0.717) is 22.8 Å². The Labute approximate surface area is 180 Å². The average molecular weight is 433 g/mol. The summed E-state index contributed by atoms with van der Waals surface area (Å²) in [6, 6.07) is 22.3. The van der Waals surface area contributed by atoms with Crippen LogP contribution in [0, 0.1) is 0 Å². The number of rotatable bonds is 7. The number of anilines is 1. The summed E-state index contributed by atoms with van der Waals surface area (Å²) < 4.78 is 34.0. The molecule has 0 amide bonds. The first-order valence-corrected chi connectivity index (χ1v) is 10.9. The molecule has 31 heavy (non-hydrogen) atoms. The SMILES string of the molecule is O=S(=O)(Nc1nccnc1-c1ccc(CO)cc1)c1ccc(Oc2ccccc2)cc1. The van der Waals surface area contributed by atoms with Gasteiger partial charge in [0, 0.05) is 18.0 Å². The van der Waals surface area contributed by atoms with Crippen molar-refractivity contribution in [3.8, 4) is 22.8 Å². The summed E-state index contributed by atoms with van der Waals surface area (Å²) in [7, 11) is -3.89. The van der Waals surface area contributed by atoms with Gasteiger partial charge in [0.15, 0.2) is 5.82 Å². The summed E-state index contributed by atoms with van der Waals surface area (Å²) >= 11 is 0. The minimum absolute atomic E-state index is 0.0696. The van der Waals surface area contributed by atoms with Gasteiger partial charge >= 0.3 is 0 Å². The monoisotopic (exact) mass is 433 g/mol. The molecule has 0 aliphatic carbocycles. The number of para-hydroxylation sites is 1. The maximum Gasteiger partial charge on any atom is 0.263 e. The lowest BCUT2D eigenvalue weighted by atomic mass is 10.1. The molecule has 8 heteroatoms. The molecule has 1 heterocycles. The van der Waals surface area contributed by atoms with Crippen LogP contribution in [0.3, 0.4) is 0 Å². The highest BCUT2D eigenvalue weighted by Crippen LogP contribution is 2.27. The van der Waals surface area contributed by atoms with Gasteiger partial charge < -0.3 is 9.84 Å². The Morgan fingerprint density at radius 1 is 0.806 bits per heavy atom. The molecule has 0 fully saturated rings. The molecular weight excluding hydrogens is 414 g/mol. The molecule has 0 spiro atoms. The second-order valence-corrected chi connectivity index (χ2v) is 8.28. The van der Waals surface area contributed by atoms with E-state index in [2.05, 4.69) is 14.7 Å². The topological polar surface area (TPSA) is 101 Å². The van der Waals surface area contributed by atoms with Crippen LogP contribution in [0.15, 0.2) is 96.2 Å². The molecule has 0 saturated heterocycles. The maximum absolute atomic E-state index is 12.9. The van der Waals surface area contributed by atoms with Crippen molar-refractivity contribution >= 4 is 15.8 Å². The maximum atomic E-state index is 12.9. The van der Waals surface area contributed by atoms with Gasteiger partial charge in [0.2, 0.25) is 0 Å². The average Bonchev–Trinajstić information content (AvgIpc) is 2.80. The summed E-state index contributed by atoms with van der Waals surface area (Å²) in [4.78, 5) is 8.50. The molecule has 0 saturated carbocycles. The van der Waals surface area contributed by atoms with E-state index in [1.807, 2.05) is 30.3 Å². The van der Waals surface area contributed by atoms with Gasteiger partial charge in [-0.1, -0.05) is 42.5 Å². The molecule has 4 rings (SSSR count). The van der Waals surface area contributed by atoms with Crippen LogP contribution in [0.2, 0.25) is 0 Å². The van der Waals surface area contributed by atoms with Crippen molar-refractivity contribution < 1.29 is 18.3 Å². The largest absolute Gasteiger partial charge is 0.457 e. The number of aliphatic hydroxyl groups excluding tert-OH is 1. The first-order chi connectivity index (χ1) is 15.0. The lowest BCUT2D eigenvalue weighted by molar-refractivity contribution is 0.282. The number of benzene rings is 3. The first kappa shape index (κ1) is 20.5. The van der Waals surface area contributed by atoms with Gasteiger partial charge in [0.05, 0.1) is 11.5 Å². The van der Waals surface area contributed by atoms with Crippen LogP contribution in [0.5, 0.6) is 11.5 Å². The fourth-order valence-corrected chi connectivity index (χ4v) is 3.91. The van der Waals surface area contributed by atoms with Crippen molar-refractivity contribution in [2.75, 3.05) is 4.72 Å². The third-order valence-electron chi connectivity index (χ3n) is 4.45. The van der Waals surface area contributed by atoms with Gasteiger partial charge in [-0.3, -0.25) is 9.71 Å². The Balaban J connectivity index is 1.56. The van der Waals surface area contributed by atoms with Gasteiger partial charge in [-0.25, -0.2) is 13.4 Å². The van der Waals surface area contributed by atoms with Crippen LogP contribution in [0.1, 0.15) is 5.56 Å². The Morgan fingerprint density at radius 2 is 1.45 bits per heavy atom. The van der Waals surface area contributed by atoms with Gasteiger partial charge in [0.25, 0.3) is 10.0 Å². The van der Waals surface area contributed by atoms with Crippen LogP contribution < -0.4 is 9.46 Å². The zero-order chi connectivity index (χ0) is 21.7. The smallest absolute Gasteiger partial charge is 0.263 e. The molecule has 0 aliphatic heterocycles. The molecule has 0 bridgehead atoms. The quantitative estimate of drug-likeness (QED) is 0.452. The highest BCUT2D eigenvalue weighted by atomic mass is 32.2. The second kappa shape index (κ2) is 8.95. The summed E-state index contributed by atoms with van der Waals surface area (Å²) in [5, 5.41) is 9.21. The summed E-state index contributed by atoms with van der Waals surface area (Å²) in [5.41, 5.74) is 1.81. The van der Waals surface area contributed by atoms with E-state index in [9.17, 15) is 13.5 Å². The van der Waals surface area contributed by atoms with Gasteiger partial charge in [0.1, 0.15) is 17.2 Å². The standard InChI is InChI=1S/C23H19N3O4S/c27-16-17-6-8-18(9-7-17)22-23(25-15-14-24-22)26-31(28,29)21-12-10-20(11-13-21)30-19-4-2-1-3-5-19/h1-15,27H,16H2,(H,25,26). The number of aromatic nitrogens is 2. The minimum Gasteiger partial charge on any atom is -0.457 e. The lowest BCUT2D eigenvalue weighted by Gasteiger charge is -2.12. The molecular formula is C23H19N3O4S. The molecule has 4 aromatic rings. The van der Waals surface area contributed by atoms with Crippen molar-refractivity contribution in [3.05, 3.63) is 96.8 Å². The normalized spacial score (nSPS) is 11.1. The van der Waals surface area contributed by atoms with E-state index in [1.165, 1.54) is 24.5 Å². The number of nitrogens with zero attached hydrogens (tertiary/aromatic N) is 2. The van der Waals surface area contributed by atoms with Crippen LogP contribution in [0.25, 0.3) is 11.3 Å². The number of nitrogens with one attached hydrogen (secondary N) is 1. The van der Waals surface area contributed by atoms with E-state index < -0.39 is 10.0 Å². The van der Waals surface area contributed by atoms with Crippen molar-refractivity contribution in [2.24, 2.45) is 0 Å². The van der Waals surface area contributed by atoms with Crippen molar-refractivity contribution in [1.29, 1.82) is 0 Å². The highest BCUT2D eigenvalue weighted by Gasteiger charge is 2.18. The Morgan fingerprint density at radius 3 is 2.13 bits per heavy atom.